The zero-order valence-electron chi connectivity index (χ0n) is 8.28. The average molecular weight is 251 g/mol. The summed E-state index contributed by atoms with van der Waals surface area (Å²) in [5.74, 6) is -0.551. The molecule has 17 heavy (non-hydrogen) atoms. The van der Waals surface area contributed by atoms with Gasteiger partial charge in [0.1, 0.15) is 15.8 Å². The van der Waals surface area contributed by atoms with E-state index in [1.165, 1.54) is 12.1 Å². The van der Waals surface area contributed by atoms with E-state index in [1.54, 1.807) is 0 Å². The standard InChI is InChI=1S/C10H7NO5S/c12-9-4-1-6-5-7(17(14,15)16)2-3-8(6)10(9)11-13/h1-5,12H,(H,14,15,16)/p-2. The lowest BCUT2D eigenvalue weighted by Crippen LogP contribution is -1.98. The third-order valence-electron chi connectivity index (χ3n) is 2.31. The highest BCUT2D eigenvalue weighted by molar-refractivity contribution is 7.85. The highest BCUT2D eigenvalue weighted by Crippen LogP contribution is 2.33. The third-order valence-corrected chi connectivity index (χ3v) is 3.14. The SMILES string of the molecule is O=Nc1c([O-])ccc2cc(S(=O)(=O)[O-])ccc12. The van der Waals surface area contributed by atoms with Gasteiger partial charge in [0.25, 0.3) is 0 Å². The van der Waals surface area contributed by atoms with Gasteiger partial charge in [-0.2, -0.15) is 0 Å². The summed E-state index contributed by atoms with van der Waals surface area (Å²) in [4.78, 5) is 10.1. The summed E-state index contributed by atoms with van der Waals surface area (Å²) in [7, 11) is -4.56. The average Bonchev–Trinajstić information content (AvgIpc) is 2.27. The van der Waals surface area contributed by atoms with Crippen molar-refractivity contribution in [3.8, 4) is 5.75 Å². The number of hydrogen-bond acceptors (Lipinski definition) is 6. The molecule has 2 rings (SSSR count). The molecule has 0 aliphatic heterocycles. The molecule has 2 aromatic rings. The minimum atomic E-state index is -4.56. The minimum absolute atomic E-state index is 0.222. The largest absolute Gasteiger partial charge is 0.871 e. The predicted octanol–water partition coefficient (Wildman–Crippen LogP) is 1.22. The maximum absolute atomic E-state index is 11.3. The highest BCUT2D eigenvalue weighted by Gasteiger charge is 2.06. The van der Waals surface area contributed by atoms with Gasteiger partial charge in [0.05, 0.1) is 4.90 Å². The van der Waals surface area contributed by atoms with Gasteiger partial charge in [0, 0.05) is 5.39 Å². The number of hydrogen-bond donors (Lipinski definition) is 0. The Balaban J connectivity index is 2.82. The fourth-order valence-electron chi connectivity index (χ4n) is 1.52. The fourth-order valence-corrected chi connectivity index (χ4v) is 2.03. The van der Waals surface area contributed by atoms with Crippen LogP contribution in [0.15, 0.2) is 40.4 Å². The van der Waals surface area contributed by atoms with Gasteiger partial charge in [-0.3, -0.25) is 0 Å². The molecular weight excluding hydrogens is 246 g/mol. The van der Waals surface area contributed by atoms with Crippen LogP contribution in [0.2, 0.25) is 0 Å². The van der Waals surface area contributed by atoms with E-state index in [0.29, 0.717) is 5.39 Å². The molecule has 0 radical (unpaired) electrons. The van der Waals surface area contributed by atoms with Gasteiger partial charge in [-0.15, -0.1) is 4.91 Å². The molecule has 6 nitrogen and oxygen atoms in total. The Morgan fingerprint density at radius 2 is 1.82 bits per heavy atom. The molecule has 0 heterocycles. The van der Waals surface area contributed by atoms with E-state index >= 15 is 0 Å². The summed E-state index contributed by atoms with van der Waals surface area (Å²) in [6.07, 6.45) is 0. The Kier molecular flexibility index (Phi) is 2.56. The molecule has 0 saturated carbocycles. The summed E-state index contributed by atoms with van der Waals surface area (Å²) >= 11 is 0. The molecule has 0 saturated heterocycles. The van der Waals surface area contributed by atoms with Crippen molar-refractivity contribution in [3.63, 3.8) is 0 Å². The van der Waals surface area contributed by atoms with Crippen LogP contribution in [0.1, 0.15) is 0 Å². The molecule has 0 amide bonds. The van der Waals surface area contributed by atoms with Gasteiger partial charge in [0.2, 0.25) is 0 Å². The molecule has 7 heteroatoms. The lowest BCUT2D eigenvalue weighted by molar-refractivity contribution is -0.267. The summed E-state index contributed by atoms with van der Waals surface area (Å²) in [6, 6.07) is 5.80. The van der Waals surface area contributed by atoms with E-state index in [1.807, 2.05) is 0 Å². The second-order valence-electron chi connectivity index (χ2n) is 3.34. The van der Waals surface area contributed by atoms with E-state index in [9.17, 15) is 23.0 Å². The molecule has 0 bridgehead atoms. The van der Waals surface area contributed by atoms with Gasteiger partial charge in [-0.25, -0.2) is 8.42 Å². The maximum atomic E-state index is 11.3. The molecule has 0 aliphatic rings. The van der Waals surface area contributed by atoms with Gasteiger partial charge in [0.15, 0.2) is 0 Å². The third kappa shape index (κ3) is 1.97. The summed E-state index contributed by atoms with van der Waals surface area (Å²) in [5.41, 5.74) is -0.294. The van der Waals surface area contributed by atoms with Crippen LogP contribution in [0.3, 0.4) is 0 Å². The van der Waals surface area contributed by atoms with E-state index in [-0.39, 0.29) is 11.1 Å². The molecule has 0 spiro atoms. The lowest BCUT2D eigenvalue weighted by Gasteiger charge is -2.12. The highest BCUT2D eigenvalue weighted by atomic mass is 32.2. The normalized spacial score (nSPS) is 11.6. The number of benzene rings is 2. The molecule has 0 aromatic heterocycles. The first kappa shape index (κ1) is 11.5. The Hall–Kier alpha value is -1.99. The monoisotopic (exact) mass is 251 g/mol. The number of nitrogens with zero attached hydrogens (tertiary/aromatic N) is 1. The van der Waals surface area contributed by atoms with Gasteiger partial charge in [-0.05, 0) is 22.7 Å². The van der Waals surface area contributed by atoms with Crippen molar-refractivity contribution in [2.24, 2.45) is 5.18 Å². The van der Waals surface area contributed by atoms with Crippen LogP contribution in [-0.2, 0) is 10.1 Å². The van der Waals surface area contributed by atoms with Crippen molar-refractivity contribution in [2.45, 2.75) is 4.90 Å². The van der Waals surface area contributed by atoms with Crippen molar-refractivity contribution in [1.29, 1.82) is 0 Å². The first-order chi connectivity index (χ1) is 7.93. The topological polar surface area (TPSA) is 110 Å². The number of nitroso groups, excluding NO2 is 1. The maximum Gasteiger partial charge on any atom is 0.124 e. The van der Waals surface area contributed by atoms with E-state index < -0.39 is 20.8 Å². The van der Waals surface area contributed by atoms with Crippen LogP contribution in [-0.4, -0.2) is 13.0 Å². The van der Waals surface area contributed by atoms with Crippen molar-refractivity contribution in [3.05, 3.63) is 35.2 Å². The minimum Gasteiger partial charge on any atom is -0.871 e. The second kappa shape index (κ2) is 3.79. The molecule has 0 unspecified atom stereocenters. The smallest absolute Gasteiger partial charge is 0.124 e. The zero-order valence-corrected chi connectivity index (χ0v) is 9.10. The Morgan fingerprint density at radius 1 is 1.12 bits per heavy atom. The summed E-state index contributed by atoms with van der Waals surface area (Å²) in [5, 5.41) is 14.4. The summed E-state index contributed by atoms with van der Waals surface area (Å²) in [6.45, 7) is 0. The van der Waals surface area contributed by atoms with Gasteiger partial charge in [-0.1, -0.05) is 23.9 Å². The quantitative estimate of drug-likeness (QED) is 0.588. The second-order valence-corrected chi connectivity index (χ2v) is 4.72. The first-order valence-corrected chi connectivity index (χ1v) is 5.87. The Bertz CT molecular complexity index is 708. The summed E-state index contributed by atoms with van der Waals surface area (Å²) < 4.78 is 32.4. The Labute approximate surface area is 96.2 Å². The van der Waals surface area contributed by atoms with Crippen LogP contribution in [0.25, 0.3) is 10.8 Å². The van der Waals surface area contributed by atoms with Crippen LogP contribution in [0, 0.1) is 4.91 Å². The fraction of sp³-hybridized carbons (Fsp3) is 0. The molecule has 2 aromatic carbocycles. The van der Waals surface area contributed by atoms with E-state index in [0.717, 1.165) is 18.2 Å². The van der Waals surface area contributed by atoms with E-state index in [4.69, 9.17) is 0 Å². The Morgan fingerprint density at radius 3 is 2.41 bits per heavy atom. The van der Waals surface area contributed by atoms with Crippen LogP contribution in [0.4, 0.5) is 5.69 Å². The van der Waals surface area contributed by atoms with E-state index in [2.05, 4.69) is 5.18 Å². The molecule has 0 fully saturated rings. The number of fused-ring (bicyclic) bond motifs is 1. The molecule has 0 N–H and O–H groups in total. The van der Waals surface area contributed by atoms with Crippen LogP contribution in [0.5, 0.6) is 5.75 Å². The van der Waals surface area contributed by atoms with Crippen molar-refractivity contribution < 1.29 is 18.1 Å². The van der Waals surface area contributed by atoms with Crippen molar-refractivity contribution in [2.75, 3.05) is 0 Å². The van der Waals surface area contributed by atoms with Gasteiger partial charge >= 0.3 is 0 Å². The molecule has 88 valence electrons. The van der Waals surface area contributed by atoms with Crippen molar-refractivity contribution in [1.82, 2.24) is 0 Å². The van der Waals surface area contributed by atoms with Gasteiger partial charge < -0.3 is 9.66 Å². The van der Waals surface area contributed by atoms with Crippen molar-refractivity contribution >= 4 is 26.6 Å². The first-order valence-electron chi connectivity index (χ1n) is 4.46. The van der Waals surface area contributed by atoms with Crippen LogP contribution >= 0.6 is 0 Å². The van der Waals surface area contributed by atoms with Crippen LogP contribution < -0.4 is 5.11 Å². The molecule has 0 aliphatic carbocycles. The predicted molar refractivity (Wildman–Crippen MR) is 56.8 cm³/mol. The molecular formula is C10H5NO5S-2. The molecule has 0 atom stereocenters. The lowest BCUT2D eigenvalue weighted by atomic mass is 10.1. The number of rotatable bonds is 2. The zero-order chi connectivity index (χ0) is 12.6.